The van der Waals surface area contributed by atoms with Crippen LogP contribution in [0.15, 0.2) is 22.7 Å². The zero-order valence-electron chi connectivity index (χ0n) is 11.5. The van der Waals surface area contributed by atoms with E-state index in [1.54, 1.807) is 0 Å². The second kappa shape index (κ2) is 5.25. The second-order valence-electron chi connectivity index (χ2n) is 5.48. The Kier molecular flexibility index (Phi) is 3.63. The van der Waals surface area contributed by atoms with E-state index in [0.29, 0.717) is 6.04 Å². The summed E-state index contributed by atoms with van der Waals surface area (Å²) >= 11 is 3.53. The van der Waals surface area contributed by atoms with Crippen LogP contribution in [0.25, 0.3) is 11.0 Å². The molecule has 1 saturated heterocycles. The minimum Gasteiger partial charge on any atom is -0.327 e. The van der Waals surface area contributed by atoms with Crippen molar-refractivity contribution in [3.05, 3.63) is 28.5 Å². The van der Waals surface area contributed by atoms with Crippen LogP contribution in [-0.2, 0) is 6.54 Å². The smallest absolute Gasteiger partial charge is 0.127 e. The van der Waals surface area contributed by atoms with Crippen molar-refractivity contribution >= 4 is 27.0 Å². The predicted octanol–water partition coefficient (Wildman–Crippen LogP) is 3.88. The van der Waals surface area contributed by atoms with Gasteiger partial charge in [-0.25, -0.2) is 4.98 Å². The molecule has 0 radical (unpaired) electrons. The number of nitrogens with one attached hydrogen (secondary N) is 1. The number of hydrogen-bond acceptors (Lipinski definition) is 2. The van der Waals surface area contributed by atoms with E-state index in [1.165, 1.54) is 24.2 Å². The number of rotatable bonds is 2. The SMILES string of the molecule is CCn1c(C2CC(C)CCN2)nc2cc(Br)ccc21. The molecule has 1 fully saturated rings. The van der Waals surface area contributed by atoms with E-state index in [9.17, 15) is 0 Å². The van der Waals surface area contributed by atoms with Gasteiger partial charge in [-0.3, -0.25) is 0 Å². The van der Waals surface area contributed by atoms with Crippen molar-refractivity contribution in [1.29, 1.82) is 0 Å². The summed E-state index contributed by atoms with van der Waals surface area (Å²) in [4.78, 5) is 4.87. The van der Waals surface area contributed by atoms with Crippen molar-refractivity contribution in [3.63, 3.8) is 0 Å². The third-order valence-corrected chi connectivity index (χ3v) is 4.53. The van der Waals surface area contributed by atoms with Crippen molar-refractivity contribution in [3.8, 4) is 0 Å². The molecule has 0 bridgehead atoms. The van der Waals surface area contributed by atoms with E-state index >= 15 is 0 Å². The number of hydrogen-bond donors (Lipinski definition) is 1. The fourth-order valence-corrected chi connectivity index (χ4v) is 3.37. The Balaban J connectivity index is 2.06. The van der Waals surface area contributed by atoms with E-state index in [1.807, 2.05) is 0 Å². The highest BCUT2D eigenvalue weighted by molar-refractivity contribution is 9.10. The molecule has 1 aromatic heterocycles. The lowest BCUT2D eigenvalue weighted by atomic mass is 9.94. The third kappa shape index (κ3) is 2.43. The Hall–Kier alpha value is -0.870. The first kappa shape index (κ1) is 13.1. The summed E-state index contributed by atoms with van der Waals surface area (Å²) < 4.78 is 3.44. The molecule has 0 spiro atoms. The molecule has 102 valence electrons. The van der Waals surface area contributed by atoms with Gasteiger partial charge in [0.25, 0.3) is 0 Å². The first-order chi connectivity index (χ1) is 9.19. The van der Waals surface area contributed by atoms with Gasteiger partial charge in [0.1, 0.15) is 5.82 Å². The maximum atomic E-state index is 4.87. The molecule has 4 heteroatoms. The topological polar surface area (TPSA) is 29.9 Å². The van der Waals surface area contributed by atoms with Gasteiger partial charge in [0.15, 0.2) is 0 Å². The first-order valence-electron chi connectivity index (χ1n) is 7.08. The van der Waals surface area contributed by atoms with Crippen LogP contribution >= 0.6 is 15.9 Å². The van der Waals surface area contributed by atoms with Crippen molar-refractivity contribution < 1.29 is 0 Å². The van der Waals surface area contributed by atoms with E-state index in [-0.39, 0.29) is 0 Å². The van der Waals surface area contributed by atoms with Crippen molar-refractivity contribution in [2.24, 2.45) is 5.92 Å². The standard InChI is InChI=1S/C15H20BrN3/c1-3-19-14-5-4-11(16)9-12(14)18-15(19)13-8-10(2)6-7-17-13/h4-5,9-10,13,17H,3,6-8H2,1-2H3. The lowest BCUT2D eigenvalue weighted by Gasteiger charge is -2.28. The molecule has 3 rings (SSSR count). The number of halogens is 1. The molecule has 0 amide bonds. The molecule has 0 saturated carbocycles. The number of aryl methyl sites for hydroxylation is 1. The monoisotopic (exact) mass is 321 g/mol. The Morgan fingerprint density at radius 1 is 1.47 bits per heavy atom. The van der Waals surface area contributed by atoms with Gasteiger partial charge in [-0.15, -0.1) is 0 Å². The molecule has 19 heavy (non-hydrogen) atoms. The molecule has 3 nitrogen and oxygen atoms in total. The first-order valence-corrected chi connectivity index (χ1v) is 7.87. The molecule has 2 aromatic rings. The van der Waals surface area contributed by atoms with Gasteiger partial charge in [-0.2, -0.15) is 0 Å². The third-order valence-electron chi connectivity index (χ3n) is 4.03. The Bertz CT molecular complexity index is 590. The average Bonchev–Trinajstić information content (AvgIpc) is 2.76. The summed E-state index contributed by atoms with van der Waals surface area (Å²) in [6.45, 7) is 6.60. The number of benzene rings is 1. The number of imidazole rings is 1. The maximum absolute atomic E-state index is 4.87. The minimum atomic E-state index is 0.398. The van der Waals surface area contributed by atoms with Crippen LogP contribution < -0.4 is 5.32 Å². The van der Waals surface area contributed by atoms with Crippen LogP contribution in [0.4, 0.5) is 0 Å². The van der Waals surface area contributed by atoms with E-state index in [2.05, 4.69) is 57.9 Å². The van der Waals surface area contributed by atoms with Gasteiger partial charge in [-0.05, 0) is 50.4 Å². The number of piperidine rings is 1. The Morgan fingerprint density at radius 2 is 2.32 bits per heavy atom. The van der Waals surface area contributed by atoms with E-state index in [4.69, 9.17) is 4.98 Å². The lowest BCUT2D eigenvalue weighted by molar-refractivity contribution is 0.311. The fourth-order valence-electron chi connectivity index (χ4n) is 3.02. The van der Waals surface area contributed by atoms with Crippen molar-refractivity contribution in [2.75, 3.05) is 6.54 Å². The molecule has 1 aromatic carbocycles. The Morgan fingerprint density at radius 3 is 3.05 bits per heavy atom. The van der Waals surface area contributed by atoms with Crippen LogP contribution in [0.3, 0.4) is 0 Å². The summed E-state index contributed by atoms with van der Waals surface area (Å²) in [6.07, 6.45) is 2.46. The lowest BCUT2D eigenvalue weighted by Crippen LogP contribution is -2.32. The summed E-state index contributed by atoms with van der Waals surface area (Å²) in [7, 11) is 0. The normalized spacial score (nSPS) is 23.9. The van der Waals surface area contributed by atoms with Crippen LogP contribution in [0.5, 0.6) is 0 Å². The summed E-state index contributed by atoms with van der Waals surface area (Å²) in [5, 5.41) is 3.62. The molecule has 2 heterocycles. The van der Waals surface area contributed by atoms with Gasteiger partial charge in [-0.1, -0.05) is 22.9 Å². The van der Waals surface area contributed by atoms with E-state index < -0.39 is 0 Å². The van der Waals surface area contributed by atoms with Gasteiger partial charge in [0.05, 0.1) is 17.1 Å². The molecule has 2 unspecified atom stereocenters. The van der Waals surface area contributed by atoms with Crippen molar-refractivity contribution in [1.82, 2.24) is 14.9 Å². The van der Waals surface area contributed by atoms with Gasteiger partial charge >= 0.3 is 0 Å². The Labute approximate surface area is 122 Å². The highest BCUT2D eigenvalue weighted by Gasteiger charge is 2.24. The molecule has 0 aliphatic carbocycles. The zero-order chi connectivity index (χ0) is 13.4. The molecule has 1 aliphatic rings. The molecular formula is C15H20BrN3. The number of nitrogens with zero attached hydrogens (tertiary/aromatic N) is 2. The van der Waals surface area contributed by atoms with Crippen LogP contribution in [-0.4, -0.2) is 16.1 Å². The average molecular weight is 322 g/mol. The summed E-state index contributed by atoms with van der Waals surface area (Å²) in [5.41, 5.74) is 2.33. The van der Waals surface area contributed by atoms with Crippen LogP contribution in [0.1, 0.15) is 38.6 Å². The van der Waals surface area contributed by atoms with Crippen LogP contribution in [0, 0.1) is 5.92 Å². The van der Waals surface area contributed by atoms with Crippen LogP contribution in [0.2, 0.25) is 0 Å². The summed E-state index contributed by atoms with van der Waals surface area (Å²) in [5.74, 6) is 1.98. The van der Waals surface area contributed by atoms with Gasteiger partial charge in [0.2, 0.25) is 0 Å². The summed E-state index contributed by atoms with van der Waals surface area (Å²) in [6, 6.07) is 6.76. The highest BCUT2D eigenvalue weighted by Crippen LogP contribution is 2.29. The van der Waals surface area contributed by atoms with E-state index in [0.717, 1.165) is 29.0 Å². The number of fused-ring (bicyclic) bond motifs is 1. The van der Waals surface area contributed by atoms with Crippen molar-refractivity contribution in [2.45, 2.75) is 39.3 Å². The van der Waals surface area contributed by atoms with Gasteiger partial charge < -0.3 is 9.88 Å². The highest BCUT2D eigenvalue weighted by atomic mass is 79.9. The molecular weight excluding hydrogens is 302 g/mol. The quantitative estimate of drug-likeness (QED) is 0.909. The van der Waals surface area contributed by atoms with Gasteiger partial charge in [0, 0.05) is 11.0 Å². The molecule has 1 aliphatic heterocycles. The largest absolute Gasteiger partial charge is 0.327 e. The zero-order valence-corrected chi connectivity index (χ0v) is 13.1. The molecule has 2 atom stereocenters. The maximum Gasteiger partial charge on any atom is 0.127 e. The fraction of sp³-hybridized carbons (Fsp3) is 0.533. The number of aromatic nitrogens is 2. The minimum absolute atomic E-state index is 0.398. The second-order valence-corrected chi connectivity index (χ2v) is 6.40. The molecule has 1 N–H and O–H groups in total. The predicted molar refractivity (Wildman–Crippen MR) is 82.2 cm³/mol.